The lowest BCUT2D eigenvalue weighted by molar-refractivity contribution is 0.0672. The number of hydrogen-bond acceptors (Lipinski definition) is 2. The predicted octanol–water partition coefficient (Wildman–Crippen LogP) is 3.06. The Morgan fingerprint density at radius 2 is 2.16 bits per heavy atom. The first-order valence-corrected chi connectivity index (χ1v) is 6.81. The summed E-state index contributed by atoms with van der Waals surface area (Å²) >= 11 is 0. The molecule has 0 heterocycles. The Morgan fingerprint density at radius 3 is 2.79 bits per heavy atom. The van der Waals surface area contributed by atoms with Crippen molar-refractivity contribution in [2.24, 2.45) is 5.92 Å². The summed E-state index contributed by atoms with van der Waals surface area (Å²) in [5, 5.41) is 0. The van der Waals surface area contributed by atoms with E-state index in [2.05, 4.69) is 6.92 Å². The van der Waals surface area contributed by atoms with Gasteiger partial charge in [-0.2, -0.15) is 0 Å². The predicted molar refractivity (Wildman–Crippen MR) is 74.3 cm³/mol. The van der Waals surface area contributed by atoms with Crippen LogP contribution in [-0.2, 0) is 0 Å². The van der Waals surface area contributed by atoms with Gasteiger partial charge >= 0.3 is 0 Å². The van der Waals surface area contributed by atoms with Crippen LogP contribution >= 0.6 is 0 Å². The van der Waals surface area contributed by atoms with Crippen molar-refractivity contribution >= 4 is 11.6 Å². The summed E-state index contributed by atoms with van der Waals surface area (Å²) in [6.45, 7) is 2.22. The number of benzene rings is 1. The number of carbonyl (C=O) groups excluding carboxylic acids is 1. The van der Waals surface area contributed by atoms with E-state index in [1.54, 1.807) is 4.90 Å². The lowest BCUT2D eigenvalue weighted by Crippen LogP contribution is -2.39. The van der Waals surface area contributed by atoms with Gasteiger partial charge in [0.25, 0.3) is 5.91 Å². The highest BCUT2D eigenvalue weighted by Crippen LogP contribution is 2.27. The molecule has 1 saturated carbocycles. The van der Waals surface area contributed by atoms with Crippen molar-refractivity contribution in [3.8, 4) is 0 Å². The second-order valence-corrected chi connectivity index (χ2v) is 5.58. The van der Waals surface area contributed by atoms with Crippen LogP contribution in [0.25, 0.3) is 0 Å². The molecule has 19 heavy (non-hydrogen) atoms. The quantitative estimate of drug-likeness (QED) is 0.834. The molecule has 1 aliphatic rings. The van der Waals surface area contributed by atoms with Gasteiger partial charge in [-0.25, -0.2) is 4.39 Å². The molecule has 2 N–H and O–H groups in total. The maximum Gasteiger partial charge on any atom is 0.253 e. The van der Waals surface area contributed by atoms with Crippen molar-refractivity contribution in [3.05, 3.63) is 29.6 Å². The number of amides is 1. The average molecular weight is 264 g/mol. The Bertz CT molecular complexity index is 475. The molecule has 1 fully saturated rings. The molecule has 2 atom stereocenters. The Balaban J connectivity index is 2.11. The molecule has 0 saturated heterocycles. The van der Waals surface area contributed by atoms with Crippen molar-refractivity contribution in [1.29, 1.82) is 0 Å². The molecule has 1 amide bonds. The summed E-state index contributed by atoms with van der Waals surface area (Å²) in [6, 6.07) is 4.44. The van der Waals surface area contributed by atoms with Gasteiger partial charge < -0.3 is 10.6 Å². The van der Waals surface area contributed by atoms with Gasteiger partial charge in [-0.15, -0.1) is 0 Å². The highest BCUT2D eigenvalue weighted by Gasteiger charge is 2.26. The minimum Gasteiger partial charge on any atom is -0.396 e. The van der Waals surface area contributed by atoms with Crippen LogP contribution in [0.1, 0.15) is 43.0 Å². The first-order chi connectivity index (χ1) is 8.99. The largest absolute Gasteiger partial charge is 0.396 e. The first kappa shape index (κ1) is 13.8. The average Bonchev–Trinajstić information content (AvgIpc) is 2.40. The minimum absolute atomic E-state index is 0.0243. The van der Waals surface area contributed by atoms with Gasteiger partial charge in [0.15, 0.2) is 0 Å². The number of nitrogens with two attached hydrogens (primary N) is 1. The summed E-state index contributed by atoms with van der Waals surface area (Å²) in [4.78, 5) is 14.1. The van der Waals surface area contributed by atoms with Gasteiger partial charge in [0.1, 0.15) is 5.82 Å². The van der Waals surface area contributed by atoms with Crippen molar-refractivity contribution in [2.75, 3.05) is 12.8 Å². The molecule has 0 radical (unpaired) electrons. The number of rotatable bonds is 2. The number of nitrogens with zero attached hydrogens (tertiary/aromatic N) is 1. The molecule has 1 aliphatic carbocycles. The summed E-state index contributed by atoms with van der Waals surface area (Å²) in [5.74, 6) is 0.101. The van der Waals surface area contributed by atoms with E-state index in [9.17, 15) is 9.18 Å². The van der Waals surface area contributed by atoms with Gasteiger partial charge in [-0.05, 0) is 37.0 Å². The Labute approximate surface area is 113 Å². The van der Waals surface area contributed by atoms with Crippen molar-refractivity contribution in [1.82, 2.24) is 4.90 Å². The van der Waals surface area contributed by atoms with Crippen LogP contribution in [0.4, 0.5) is 10.1 Å². The normalized spacial score (nSPS) is 23.1. The third-order valence-electron chi connectivity index (χ3n) is 4.02. The molecule has 4 heteroatoms. The maximum absolute atomic E-state index is 13.1. The van der Waals surface area contributed by atoms with Gasteiger partial charge in [-0.3, -0.25) is 4.79 Å². The smallest absolute Gasteiger partial charge is 0.253 e. The second-order valence-electron chi connectivity index (χ2n) is 5.58. The molecule has 0 aliphatic heterocycles. The second kappa shape index (κ2) is 5.59. The van der Waals surface area contributed by atoms with E-state index in [4.69, 9.17) is 5.73 Å². The Morgan fingerprint density at radius 1 is 1.42 bits per heavy atom. The lowest BCUT2D eigenvalue weighted by Gasteiger charge is -2.34. The van der Waals surface area contributed by atoms with Gasteiger partial charge in [0, 0.05) is 18.7 Å². The molecule has 0 spiro atoms. The van der Waals surface area contributed by atoms with Crippen LogP contribution < -0.4 is 5.73 Å². The molecular weight excluding hydrogens is 243 g/mol. The molecule has 1 aromatic rings. The van der Waals surface area contributed by atoms with E-state index in [0.29, 0.717) is 11.5 Å². The van der Waals surface area contributed by atoms with Crippen LogP contribution in [0.15, 0.2) is 18.2 Å². The zero-order chi connectivity index (χ0) is 14.0. The molecule has 0 bridgehead atoms. The monoisotopic (exact) mass is 264 g/mol. The number of halogens is 1. The SMILES string of the molecule is CC1CCCC(N(C)C(=O)c2ccc(F)c(N)c2)C1. The molecule has 2 unspecified atom stereocenters. The van der Waals surface area contributed by atoms with Crippen LogP contribution in [0.2, 0.25) is 0 Å². The zero-order valence-electron chi connectivity index (χ0n) is 11.5. The molecular formula is C15H21FN2O. The highest BCUT2D eigenvalue weighted by atomic mass is 19.1. The van der Waals surface area contributed by atoms with E-state index in [1.807, 2.05) is 7.05 Å². The Hall–Kier alpha value is -1.58. The number of hydrogen-bond donors (Lipinski definition) is 1. The van der Waals surface area contributed by atoms with Crippen LogP contribution in [0.3, 0.4) is 0 Å². The van der Waals surface area contributed by atoms with E-state index in [0.717, 1.165) is 19.3 Å². The Kier molecular flexibility index (Phi) is 4.08. The summed E-state index contributed by atoms with van der Waals surface area (Å²) < 4.78 is 13.1. The summed E-state index contributed by atoms with van der Waals surface area (Å²) in [6.07, 6.45) is 4.49. The van der Waals surface area contributed by atoms with Gasteiger partial charge in [0.05, 0.1) is 5.69 Å². The zero-order valence-corrected chi connectivity index (χ0v) is 11.5. The van der Waals surface area contributed by atoms with Crippen molar-refractivity contribution in [2.45, 2.75) is 38.6 Å². The van der Waals surface area contributed by atoms with Gasteiger partial charge in [-0.1, -0.05) is 19.8 Å². The fourth-order valence-electron chi connectivity index (χ4n) is 2.80. The minimum atomic E-state index is -0.481. The molecule has 2 rings (SSSR count). The van der Waals surface area contributed by atoms with Crippen LogP contribution in [0, 0.1) is 11.7 Å². The highest BCUT2D eigenvalue weighted by molar-refractivity contribution is 5.95. The first-order valence-electron chi connectivity index (χ1n) is 6.81. The van der Waals surface area contributed by atoms with E-state index in [-0.39, 0.29) is 17.6 Å². The third-order valence-corrected chi connectivity index (χ3v) is 4.02. The summed E-state index contributed by atoms with van der Waals surface area (Å²) in [5.41, 5.74) is 6.00. The number of nitrogen functional groups attached to an aromatic ring is 1. The molecule has 1 aromatic carbocycles. The fraction of sp³-hybridized carbons (Fsp3) is 0.533. The van der Waals surface area contributed by atoms with Gasteiger partial charge in [0.2, 0.25) is 0 Å². The van der Waals surface area contributed by atoms with Crippen LogP contribution in [-0.4, -0.2) is 23.9 Å². The van der Waals surface area contributed by atoms with E-state index < -0.39 is 5.82 Å². The topological polar surface area (TPSA) is 46.3 Å². The number of anilines is 1. The maximum atomic E-state index is 13.1. The van der Waals surface area contributed by atoms with E-state index in [1.165, 1.54) is 24.6 Å². The molecule has 104 valence electrons. The third kappa shape index (κ3) is 3.06. The standard InChI is InChI=1S/C15H21FN2O/c1-10-4-3-5-12(8-10)18(2)15(19)11-6-7-13(16)14(17)9-11/h6-7,9-10,12H,3-5,8,17H2,1-2H3. The van der Waals surface area contributed by atoms with E-state index >= 15 is 0 Å². The lowest BCUT2D eigenvalue weighted by atomic mass is 9.86. The fourth-order valence-corrected chi connectivity index (χ4v) is 2.80. The molecule has 3 nitrogen and oxygen atoms in total. The van der Waals surface area contributed by atoms with Crippen LogP contribution in [0.5, 0.6) is 0 Å². The van der Waals surface area contributed by atoms with Crippen molar-refractivity contribution < 1.29 is 9.18 Å². The van der Waals surface area contributed by atoms with Crippen molar-refractivity contribution in [3.63, 3.8) is 0 Å². The molecule has 0 aromatic heterocycles. The number of carbonyl (C=O) groups is 1. The summed E-state index contributed by atoms with van der Waals surface area (Å²) in [7, 11) is 1.82.